The second-order valence-electron chi connectivity index (χ2n) is 4.60. The minimum atomic E-state index is 0.975. The number of hydrogen-bond acceptors (Lipinski definition) is 1. The van der Waals surface area contributed by atoms with Crippen molar-refractivity contribution >= 4 is 0 Å². The van der Waals surface area contributed by atoms with Crippen LogP contribution in [0.5, 0.6) is 0 Å². The van der Waals surface area contributed by atoms with Crippen molar-refractivity contribution < 1.29 is 0 Å². The molecule has 0 aliphatic rings. The largest absolute Gasteiger partial charge is 0.261 e. The lowest BCUT2D eigenvalue weighted by molar-refractivity contribution is 1.07. The first kappa shape index (κ1) is 11.8. The highest BCUT2D eigenvalue weighted by Gasteiger charge is 2.01. The monoisotopic (exact) mass is 225 g/mol. The molecule has 0 spiro atoms. The molecule has 0 aliphatic heterocycles. The van der Waals surface area contributed by atoms with E-state index in [1.54, 1.807) is 0 Å². The summed E-state index contributed by atoms with van der Waals surface area (Å²) in [5, 5.41) is 0. The summed E-state index contributed by atoms with van der Waals surface area (Å²) < 4.78 is 0. The van der Waals surface area contributed by atoms with E-state index >= 15 is 0 Å². The van der Waals surface area contributed by atoms with E-state index in [2.05, 4.69) is 49.2 Å². The lowest BCUT2D eigenvalue weighted by atomic mass is 10.0. The summed E-state index contributed by atoms with van der Waals surface area (Å²) >= 11 is 0. The number of hydrogen-bond donors (Lipinski definition) is 0. The van der Waals surface area contributed by atoms with Gasteiger partial charge in [-0.25, -0.2) is 0 Å². The van der Waals surface area contributed by atoms with Gasteiger partial charge in [0, 0.05) is 11.9 Å². The summed E-state index contributed by atoms with van der Waals surface area (Å²) in [5.41, 5.74) is 6.49. The van der Waals surface area contributed by atoms with Crippen LogP contribution in [0.1, 0.15) is 34.9 Å². The molecule has 2 aromatic rings. The number of rotatable bonds is 3. The van der Waals surface area contributed by atoms with Crippen LogP contribution in [0.3, 0.4) is 0 Å². The van der Waals surface area contributed by atoms with Gasteiger partial charge in [0.15, 0.2) is 0 Å². The zero-order chi connectivity index (χ0) is 12.3. The Kier molecular flexibility index (Phi) is 3.58. The molecule has 17 heavy (non-hydrogen) atoms. The van der Waals surface area contributed by atoms with Gasteiger partial charge in [0.25, 0.3) is 0 Å². The fraction of sp³-hybridized carbons (Fsp3) is 0.312. The Labute approximate surface area is 104 Å². The zero-order valence-corrected chi connectivity index (χ0v) is 10.8. The maximum absolute atomic E-state index is 4.37. The molecule has 1 aromatic carbocycles. The van der Waals surface area contributed by atoms with Crippen LogP contribution in [0.25, 0.3) is 0 Å². The molecule has 0 N–H and O–H groups in total. The smallest absolute Gasteiger partial charge is 0.0375 e. The highest BCUT2D eigenvalue weighted by Crippen LogP contribution is 2.14. The first-order valence-corrected chi connectivity index (χ1v) is 6.19. The Hall–Kier alpha value is -1.63. The molecule has 0 fully saturated rings. The third-order valence-corrected chi connectivity index (χ3v) is 3.18. The Morgan fingerprint density at radius 1 is 1.00 bits per heavy atom. The van der Waals surface area contributed by atoms with Crippen LogP contribution in [-0.2, 0) is 12.8 Å². The van der Waals surface area contributed by atoms with Crippen molar-refractivity contribution in [1.29, 1.82) is 0 Å². The van der Waals surface area contributed by atoms with Crippen LogP contribution >= 0.6 is 0 Å². The van der Waals surface area contributed by atoms with Crippen LogP contribution in [0.4, 0.5) is 0 Å². The molecule has 0 amide bonds. The molecule has 1 heterocycles. The summed E-state index contributed by atoms with van der Waals surface area (Å²) in [7, 11) is 0. The van der Waals surface area contributed by atoms with E-state index in [0.717, 1.165) is 18.5 Å². The highest BCUT2D eigenvalue weighted by atomic mass is 14.7. The molecule has 0 saturated heterocycles. The maximum Gasteiger partial charge on any atom is 0.0375 e. The van der Waals surface area contributed by atoms with Gasteiger partial charge in [0.2, 0.25) is 0 Å². The Morgan fingerprint density at radius 2 is 1.65 bits per heavy atom. The Morgan fingerprint density at radius 3 is 2.24 bits per heavy atom. The SMILES string of the molecule is CCc1ccc(Cc2cnc(C)cc2C)cc1. The maximum atomic E-state index is 4.37. The van der Waals surface area contributed by atoms with Crippen molar-refractivity contribution in [1.82, 2.24) is 4.98 Å². The second-order valence-corrected chi connectivity index (χ2v) is 4.60. The van der Waals surface area contributed by atoms with Crippen LogP contribution in [0.15, 0.2) is 36.5 Å². The van der Waals surface area contributed by atoms with Gasteiger partial charge in [-0.2, -0.15) is 0 Å². The molecule has 0 radical (unpaired) electrons. The molecule has 88 valence electrons. The Bertz CT molecular complexity index is 497. The van der Waals surface area contributed by atoms with Gasteiger partial charge in [-0.15, -0.1) is 0 Å². The molecule has 1 nitrogen and oxygen atoms in total. The number of aromatic nitrogens is 1. The zero-order valence-electron chi connectivity index (χ0n) is 10.8. The van der Waals surface area contributed by atoms with Gasteiger partial charge < -0.3 is 0 Å². The molecular formula is C16H19N. The first-order valence-electron chi connectivity index (χ1n) is 6.19. The van der Waals surface area contributed by atoms with Crippen molar-refractivity contribution in [3.8, 4) is 0 Å². The van der Waals surface area contributed by atoms with Crippen LogP contribution in [-0.4, -0.2) is 4.98 Å². The standard InChI is InChI=1S/C16H19N/c1-4-14-5-7-15(8-6-14)10-16-11-17-13(3)9-12(16)2/h5-9,11H,4,10H2,1-3H3. The van der Waals surface area contributed by atoms with Crippen LogP contribution < -0.4 is 0 Å². The molecule has 1 heteroatoms. The van der Waals surface area contributed by atoms with Crippen molar-refractivity contribution in [2.75, 3.05) is 0 Å². The summed E-state index contributed by atoms with van der Waals surface area (Å²) in [4.78, 5) is 4.37. The highest BCUT2D eigenvalue weighted by molar-refractivity contribution is 5.32. The number of benzene rings is 1. The summed E-state index contributed by atoms with van der Waals surface area (Å²) in [6, 6.07) is 11.0. The lowest BCUT2D eigenvalue weighted by Gasteiger charge is -2.07. The predicted molar refractivity (Wildman–Crippen MR) is 72.3 cm³/mol. The minimum Gasteiger partial charge on any atom is -0.261 e. The quantitative estimate of drug-likeness (QED) is 0.773. The minimum absolute atomic E-state index is 0.975. The van der Waals surface area contributed by atoms with E-state index in [9.17, 15) is 0 Å². The van der Waals surface area contributed by atoms with Gasteiger partial charge in [0.1, 0.15) is 0 Å². The third kappa shape index (κ3) is 2.94. The normalized spacial score (nSPS) is 10.5. The van der Waals surface area contributed by atoms with Crippen LogP contribution in [0.2, 0.25) is 0 Å². The average molecular weight is 225 g/mol. The van der Waals surface area contributed by atoms with Gasteiger partial charge in [-0.1, -0.05) is 31.2 Å². The molecule has 0 bridgehead atoms. The first-order chi connectivity index (χ1) is 8.19. The number of nitrogens with zero attached hydrogens (tertiary/aromatic N) is 1. The molecule has 0 atom stereocenters. The fourth-order valence-corrected chi connectivity index (χ4v) is 2.02. The molecule has 0 unspecified atom stereocenters. The fourth-order valence-electron chi connectivity index (χ4n) is 2.02. The average Bonchev–Trinajstić information content (AvgIpc) is 2.34. The summed E-state index contributed by atoms with van der Waals surface area (Å²) in [6.45, 7) is 6.38. The topological polar surface area (TPSA) is 12.9 Å². The van der Waals surface area contributed by atoms with E-state index < -0.39 is 0 Å². The molecule has 0 aliphatic carbocycles. The predicted octanol–water partition coefficient (Wildman–Crippen LogP) is 3.85. The Balaban J connectivity index is 2.19. The second kappa shape index (κ2) is 5.13. The summed E-state index contributed by atoms with van der Waals surface area (Å²) in [5.74, 6) is 0. The molecule has 2 rings (SSSR count). The van der Waals surface area contributed by atoms with Crippen molar-refractivity contribution in [3.05, 3.63) is 64.5 Å². The summed E-state index contributed by atoms with van der Waals surface area (Å²) in [6.07, 6.45) is 4.08. The third-order valence-electron chi connectivity index (χ3n) is 3.18. The van der Waals surface area contributed by atoms with Crippen molar-refractivity contribution in [2.24, 2.45) is 0 Å². The van der Waals surface area contributed by atoms with E-state index in [-0.39, 0.29) is 0 Å². The van der Waals surface area contributed by atoms with Gasteiger partial charge >= 0.3 is 0 Å². The molecule has 1 aromatic heterocycles. The number of pyridine rings is 1. The number of aryl methyl sites for hydroxylation is 3. The van der Waals surface area contributed by atoms with Gasteiger partial charge in [-0.05, 0) is 55.0 Å². The molecule has 0 saturated carbocycles. The van der Waals surface area contributed by atoms with Crippen molar-refractivity contribution in [2.45, 2.75) is 33.6 Å². The van der Waals surface area contributed by atoms with E-state index in [1.807, 2.05) is 13.1 Å². The van der Waals surface area contributed by atoms with E-state index in [4.69, 9.17) is 0 Å². The van der Waals surface area contributed by atoms with Crippen LogP contribution in [0, 0.1) is 13.8 Å². The van der Waals surface area contributed by atoms with Gasteiger partial charge in [0.05, 0.1) is 0 Å². The van der Waals surface area contributed by atoms with E-state index in [1.165, 1.54) is 22.3 Å². The molecular weight excluding hydrogens is 206 g/mol. The van der Waals surface area contributed by atoms with E-state index in [0.29, 0.717) is 0 Å². The lowest BCUT2D eigenvalue weighted by Crippen LogP contribution is -1.95. The van der Waals surface area contributed by atoms with Gasteiger partial charge in [-0.3, -0.25) is 4.98 Å². The van der Waals surface area contributed by atoms with Crippen molar-refractivity contribution in [3.63, 3.8) is 0 Å².